The minimum Gasteiger partial charge on any atom is -0.349 e. The quantitative estimate of drug-likeness (QED) is 0.555. The third-order valence-corrected chi connectivity index (χ3v) is 2.33. The number of fused-ring (bicyclic) bond motifs is 1. The van der Waals surface area contributed by atoms with E-state index in [1.807, 2.05) is 13.8 Å². The Balaban J connectivity index is 2.02. The second-order valence-corrected chi connectivity index (χ2v) is 3.72. The molecule has 0 amide bonds. The van der Waals surface area contributed by atoms with Crippen molar-refractivity contribution >= 4 is 0 Å². The van der Waals surface area contributed by atoms with E-state index >= 15 is 0 Å². The predicted octanol–water partition coefficient (Wildman–Crippen LogP) is 0.500. The van der Waals surface area contributed by atoms with Crippen LogP contribution >= 0.6 is 0 Å². The summed E-state index contributed by atoms with van der Waals surface area (Å²) in [5.74, 6) is -0.368. The number of hydrogen-bond donors (Lipinski definition) is 1. The summed E-state index contributed by atoms with van der Waals surface area (Å²) in [7, 11) is 0. The third-order valence-electron chi connectivity index (χ3n) is 2.33. The van der Waals surface area contributed by atoms with E-state index in [4.69, 9.17) is 9.47 Å². The van der Waals surface area contributed by atoms with Crippen molar-refractivity contribution in [3.63, 3.8) is 0 Å². The molecule has 0 aromatic rings. The molecular weight excluding hydrogens is 142 g/mol. The Morgan fingerprint density at radius 1 is 1.45 bits per heavy atom. The van der Waals surface area contributed by atoms with E-state index in [9.17, 15) is 0 Å². The molecule has 2 saturated heterocycles. The van der Waals surface area contributed by atoms with Gasteiger partial charge in [0, 0.05) is 0 Å². The van der Waals surface area contributed by atoms with Crippen LogP contribution in [0, 0.1) is 0 Å². The number of hydrogen-bond acceptors (Lipinski definition) is 3. The second-order valence-electron chi connectivity index (χ2n) is 3.72. The van der Waals surface area contributed by atoms with Crippen molar-refractivity contribution in [2.45, 2.75) is 38.2 Å². The van der Waals surface area contributed by atoms with Crippen LogP contribution in [-0.2, 0) is 9.47 Å². The van der Waals surface area contributed by atoms with Crippen LogP contribution in [0.5, 0.6) is 0 Å². The maximum atomic E-state index is 5.71. The van der Waals surface area contributed by atoms with E-state index < -0.39 is 0 Å². The zero-order valence-electron chi connectivity index (χ0n) is 7.09. The molecular formula is C8H15NO2. The highest BCUT2D eigenvalue weighted by molar-refractivity contribution is 4.88. The van der Waals surface area contributed by atoms with E-state index in [-0.39, 0.29) is 5.79 Å². The molecule has 3 nitrogen and oxygen atoms in total. The van der Waals surface area contributed by atoms with E-state index in [1.54, 1.807) is 0 Å². The van der Waals surface area contributed by atoms with Crippen LogP contribution < -0.4 is 5.32 Å². The van der Waals surface area contributed by atoms with Crippen LogP contribution in [0.1, 0.15) is 20.3 Å². The lowest BCUT2D eigenvalue weighted by atomic mass is 10.1. The molecule has 0 spiro atoms. The van der Waals surface area contributed by atoms with Crippen molar-refractivity contribution in [2.75, 3.05) is 13.2 Å². The van der Waals surface area contributed by atoms with Crippen molar-refractivity contribution in [3.8, 4) is 0 Å². The highest BCUT2D eigenvalue weighted by Gasteiger charge is 2.38. The summed E-state index contributed by atoms with van der Waals surface area (Å²) < 4.78 is 11.2. The molecule has 2 aliphatic heterocycles. The zero-order chi connectivity index (χ0) is 7.90. The van der Waals surface area contributed by atoms with Gasteiger partial charge < -0.3 is 14.8 Å². The largest absolute Gasteiger partial charge is 0.349 e. The molecule has 2 heterocycles. The summed E-state index contributed by atoms with van der Waals surface area (Å²) in [4.78, 5) is 0. The van der Waals surface area contributed by atoms with Gasteiger partial charge in [0.25, 0.3) is 0 Å². The minimum absolute atomic E-state index is 0.368. The van der Waals surface area contributed by atoms with Crippen molar-refractivity contribution in [2.24, 2.45) is 0 Å². The summed E-state index contributed by atoms with van der Waals surface area (Å²) in [5.41, 5.74) is 0. The van der Waals surface area contributed by atoms with E-state index in [1.165, 1.54) is 0 Å². The molecule has 0 aromatic carbocycles. The van der Waals surface area contributed by atoms with Gasteiger partial charge in [0.15, 0.2) is 5.79 Å². The first kappa shape index (κ1) is 7.53. The van der Waals surface area contributed by atoms with E-state index in [2.05, 4.69) is 5.32 Å². The van der Waals surface area contributed by atoms with Gasteiger partial charge in [-0.15, -0.1) is 0 Å². The summed E-state index contributed by atoms with van der Waals surface area (Å²) in [5, 5.41) is 3.35. The average molecular weight is 157 g/mol. The van der Waals surface area contributed by atoms with Crippen molar-refractivity contribution in [1.29, 1.82) is 0 Å². The molecule has 64 valence electrons. The average Bonchev–Trinajstić information content (AvgIpc) is 2.31. The molecule has 0 saturated carbocycles. The Hall–Kier alpha value is -0.120. The van der Waals surface area contributed by atoms with Gasteiger partial charge in [-0.3, -0.25) is 0 Å². The number of ether oxygens (including phenoxy) is 2. The molecule has 2 atom stereocenters. The van der Waals surface area contributed by atoms with Gasteiger partial charge in [0.2, 0.25) is 0 Å². The predicted molar refractivity (Wildman–Crippen MR) is 41.3 cm³/mol. The van der Waals surface area contributed by atoms with Crippen LogP contribution in [0.15, 0.2) is 0 Å². The monoisotopic (exact) mass is 157 g/mol. The molecule has 2 aliphatic rings. The summed E-state index contributed by atoms with van der Waals surface area (Å²) in [6.07, 6.45) is 1.50. The van der Waals surface area contributed by atoms with Crippen LogP contribution in [-0.4, -0.2) is 31.1 Å². The van der Waals surface area contributed by atoms with Crippen LogP contribution in [0.2, 0.25) is 0 Å². The topological polar surface area (TPSA) is 30.5 Å². The highest BCUT2D eigenvalue weighted by atomic mass is 16.7. The third kappa shape index (κ3) is 1.41. The maximum Gasteiger partial charge on any atom is 0.163 e. The van der Waals surface area contributed by atoms with Gasteiger partial charge >= 0.3 is 0 Å². The molecule has 2 rings (SSSR count). The smallest absolute Gasteiger partial charge is 0.163 e. The van der Waals surface area contributed by atoms with Gasteiger partial charge in [-0.05, 0) is 26.8 Å². The maximum absolute atomic E-state index is 5.71. The lowest BCUT2D eigenvalue weighted by Gasteiger charge is -2.37. The minimum atomic E-state index is -0.368. The molecule has 1 N–H and O–H groups in total. The summed E-state index contributed by atoms with van der Waals surface area (Å²) in [6, 6.07) is 0.433. The van der Waals surface area contributed by atoms with Gasteiger partial charge in [-0.25, -0.2) is 0 Å². The fourth-order valence-electron chi connectivity index (χ4n) is 1.74. The highest BCUT2D eigenvalue weighted by Crippen LogP contribution is 2.26. The Kier molecular flexibility index (Phi) is 1.67. The molecule has 0 aliphatic carbocycles. The second kappa shape index (κ2) is 2.44. The molecule has 0 bridgehead atoms. The summed E-state index contributed by atoms with van der Waals surface area (Å²) >= 11 is 0. The first-order chi connectivity index (χ1) is 5.17. The Morgan fingerprint density at radius 2 is 2.27 bits per heavy atom. The fourth-order valence-corrected chi connectivity index (χ4v) is 1.74. The first-order valence-corrected chi connectivity index (χ1v) is 4.22. The van der Waals surface area contributed by atoms with E-state index in [0.717, 1.165) is 19.6 Å². The Morgan fingerprint density at radius 3 is 3.09 bits per heavy atom. The molecule has 2 fully saturated rings. The Bertz CT molecular complexity index is 158. The van der Waals surface area contributed by atoms with Crippen molar-refractivity contribution in [1.82, 2.24) is 5.32 Å². The van der Waals surface area contributed by atoms with Gasteiger partial charge in [-0.2, -0.15) is 0 Å². The van der Waals surface area contributed by atoms with Crippen LogP contribution in [0.25, 0.3) is 0 Å². The lowest BCUT2D eigenvalue weighted by Crippen LogP contribution is -2.49. The molecule has 0 aromatic heterocycles. The molecule has 3 heteroatoms. The van der Waals surface area contributed by atoms with Gasteiger partial charge in [0.1, 0.15) is 0 Å². The van der Waals surface area contributed by atoms with Gasteiger partial charge in [0.05, 0.1) is 18.8 Å². The van der Waals surface area contributed by atoms with Crippen molar-refractivity contribution < 1.29 is 9.47 Å². The van der Waals surface area contributed by atoms with Crippen molar-refractivity contribution in [3.05, 3.63) is 0 Å². The lowest BCUT2D eigenvalue weighted by molar-refractivity contribution is -0.275. The van der Waals surface area contributed by atoms with Crippen LogP contribution in [0.4, 0.5) is 0 Å². The van der Waals surface area contributed by atoms with Gasteiger partial charge in [-0.1, -0.05) is 0 Å². The summed E-state index contributed by atoms with van der Waals surface area (Å²) in [6.45, 7) is 5.80. The SMILES string of the molecule is CC1(C)OCC2NCCC2O1. The number of nitrogens with one attached hydrogen (secondary N) is 1. The Labute approximate surface area is 67.1 Å². The van der Waals surface area contributed by atoms with Crippen LogP contribution in [0.3, 0.4) is 0 Å². The normalized spacial score (nSPS) is 42.0. The zero-order valence-corrected chi connectivity index (χ0v) is 7.09. The molecule has 0 radical (unpaired) electrons. The first-order valence-electron chi connectivity index (χ1n) is 4.22. The standard InChI is InChI=1S/C8H15NO2/c1-8(2)10-5-6-7(11-8)3-4-9-6/h6-7,9H,3-5H2,1-2H3. The van der Waals surface area contributed by atoms with E-state index in [0.29, 0.717) is 12.1 Å². The molecule has 2 unspecified atom stereocenters. The number of rotatable bonds is 0. The molecule has 11 heavy (non-hydrogen) atoms. The fraction of sp³-hybridized carbons (Fsp3) is 1.00.